The molecule has 1 N–H and O–H groups in total. The molecule has 172 valence electrons. The summed E-state index contributed by atoms with van der Waals surface area (Å²) in [6, 6.07) is 11.8. The quantitative estimate of drug-likeness (QED) is 0.613. The van der Waals surface area contributed by atoms with Crippen LogP contribution in [0.3, 0.4) is 0 Å². The summed E-state index contributed by atoms with van der Waals surface area (Å²) in [6.45, 7) is 4.66. The van der Waals surface area contributed by atoms with Crippen molar-refractivity contribution in [2.75, 3.05) is 44.4 Å². The van der Waals surface area contributed by atoms with Gasteiger partial charge >= 0.3 is 5.97 Å². The second kappa shape index (κ2) is 10.4. The van der Waals surface area contributed by atoms with Crippen LogP contribution in [0, 0.1) is 0 Å². The van der Waals surface area contributed by atoms with E-state index in [1.807, 2.05) is 12.1 Å². The van der Waals surface area contributed by atoms with Crippen LogP contribution in [0.4, 0.5) is 5.69 Å². The highest BCUT2D eigenvalue weighted by molar-refractivity contribution is 7.89. The maximum absolute atomic E-state index is 12.6. The molecule has 2 aromatic carbocycles. The highest BCUT2D eigenvalue weighted by atomic mass is 35.5. The largest absolute Gasteiger partial charge is 0.465 e. The molecule has 1 amide bonds. The summed E-state index contributed by atoms with van der Waals surface area (Å²) in [5.41, 5.74) is 2.12. The third-order valence-corrected chi connectivity index (χ3v) is 7.55. The highest BCUT2D eigenvalue weighted by Gasteiger charge is 2.25. The van der Waals surface area contributed by atoms with E-state index in [4.69, 9.17) is 16.3 Å². The van der Waals surface area contributed by atoms with E-state index < -0.39 is 16.0 Å². The predicted molar refractivity (Wildman–Crippen MR) is 123 cm³/mol. The van der Waals surface area contributed by atoms with E-state index in [9.17, 15) is 18.0 Å². The standard InChI is InChI=1S/C22H26ClN3O5S/c1-3-32(29,30)26-12-10-25(11-13-26)15-16-4-6-17(7-5-16)21(27)24-18-8-9-20(23)19(14-18)22(28)31-2/h4-9,14H,3,10-13,15H2,1-2H3,(H,24,27). The van der Waals surface area contributed by atoms with E-state index in [1.54, 1.807) is 29.4 Å². The van der Waals surface area contributed by atoms with Gasteiger partial charge in [-0.3, -0.25) is 9.69 Å². The van der Waals surface area contributed by atoms with E-state index in [0.717, 1.165) is 5.56 Å². The lowest BCUT2D eigenvalue weighted by molar-refractivity contribution is 0.0600. The fourth-order valence-corrected chi connectivity index (χ4v) is 4.72. The van der Waals surface area contributed by atoms with Crippen molar-refractivity contribution in [2.45, 2.75) is 13.5 Å². The first kappa shape index (κ1) is 24.2. The van der Waals surface area contributed by atoms with Crippen molar-refractivity contribution in [1.29, 1.82) is 0 Å². The van der Waals surface area contributed by atoms with Crippen LogP contribution in [0.2, 0.25) is 5.02 Å². The molecule has 0 saturated carbocycles. The molecule has 1 aliphatic heterocycles. The molecule has 8 nitrogen and oxygen atoms in total. The number of carbonyl (C=O) groups is 2. The van der Waals surface area contributed by atoms with Crippen LogP contribution in [0.5, 0.6) is 0 Å². The Morgan fingerprint density at radius 3 is 2.31 bits per heavy atom. The van der Waals surface area contributed by atoms with Crippen molar-refractivity contribution in [3.05, 3.63) is 64.2 Å². The normalized spacial score (nSPS) is 15.3. The summed E-state index contributed by atoms with van der Waals surface area (Å²) in [4.78, 5) is 26.5. The van der Waals surface area contributed by atoms with Gasteiger partial charge in [0.05, 0.1) is 23.4 Å². The lowest BCUT2D eigenvalue weighted by atomic mass is 10.1. The fraction of sp³-hybridized carbons (Fsp3) is 0.364. The van der Waals surface area contributed by atoms with Gasteiger partial charge in [-0.2, -0.15) is 4.31 Å². The van der Waals surface area contributed by atoms with E-state index in [2.05, 4.69) is 10.2 Å². The molecule has 0 radical (unpaired) electrons. The molecule has 0 atom stereocenters. The zero-order valence-corrected chi connectivity index (χ0v) is 19.6. The van der Waals surface area contributed by atoms with Gasteiger partial charge in [-0.15, -0.1) is 0 Å². The number of rotatable bonds is 7. The molecule has 0 unspecified atom stereocenters. The van der Waals surface area contributed by atoms with Crippen LogP contribution in [0.25, 0.3) is 0 Å². The Labute approximate surface area is 193 Å². The fourth-order valence-electron chi connectivity index (χ4n) is 3.44. The zero-order valence-electron chi connectivity index (χ0n) is 18.0. The second-order valence-corrected chi connectivity index (χ2v) is 10.1. The number of ether oxygens (including phenoxy) is 1. The minimum atomic E-state index is -3.14. The Morgan fingerprint density at radius 2 is 1.72 bits per heavy atom. The number of piperazine rings is 1. The first-order valence-electron chi connectivity index (χ1n) is 10.2. The van der Waals surface area contributed by atoms with Crippen molar-refractivity contribution in [3.63, 3.8) is 0 Å². The number of benzene rings is 2. The second-order valence-electron chi connectivity index (χ2n) is 7.41. The summed E-state index contributed by atoms with van der Waals surface area (Å²) >= 11 is 6.01. The maximum Gasteiger partial charge on any atom is 0.339 e. The molecule has 1 heterocycles. The monoisotopic (exact) mass is 479 g/mol. The summed E-state index contributed by atoms with van der Waals surface area (Å²) in [7, 11) is -1.88. The van der Waals surface area contributed by atoms with Crippen LogP contribution >= 0.6 is 11.6 Å². The van der Waals surface area contributed by atoms with Gasteiger partial charge in [0.15, 0.2) is 0 Å². The predicted octanol–water partition coefficient (Wildman–Crippen LogP) is 2.85. The Kier molecular flexibility index (Phi) is 7.89. The molecular weight excluding hydrogens is 454 g/mol. The number of methoxy groups -OCH3 is 1. The van der Waals surface area contributed by atoms with Crippen molar-refractivity contribution in [2.24, 2.45) is 0 Å². The number of nitrogens with one attached hydrogen (secondary N) is 1. The van der Waals surface area contributed by atoms with Crippen molar-refractivity contribution in [1.82, 2.24) is 9.21 Å². The van der Waals surface area contributed by atoms with Crippen LogP contribution in [0.15, 0.2) is 42.5 Å². The molecule has 10 heteroatoms. The summed E-state index contributed by atoms with van der Waals surface area (Å²) in [6.07, 6.45) is 0. The summed E-state index contributed by atoms with van der Waals surface area (Å²) in [5.74, 6) is -0.770. The average molecular weight is 480 g/mol. The minimum Gasteiger partial charge on any atom is -0.465 e. The van der Waals surface area contributed by atoms with Gasteiger partial charge in [0, 0.05) is 44.0 Å². The number of nitrogens with zero attached hydrogens (tertiary/aromatic N) is 2. The number of esters is 1. The van der Waals surface area contributed by atoms with E-state index in [-0.39, 0.29) is 22.2 Å². The van der Waals surface area contributed by atoms with E-state index in [0.29, 0.717) is 44.0 Å². The van der Waals surface area contributed by atoms with Gasteiger partial charge in [0.1, 0.15) is 0 Å². The lowest BCUT2D eigenvalue weighted by Gasteiger charge is -2.33. The van der Waals surface area contributed by atoms with Crippen LogP contribution < -0.4 is 5.32 Å². The Morgan fingerprint density at radius 1 is 1.06 bits per heavy atom. The lowest BCUT2D eigenvalue weighted by Crippen LogP contribution is -2.48. The molecule has 0 spiro atoms. The summed E-state index contributed by atoms with van der Waals surface area (Å²) < 4.78 is 30.2. The molecule has 0 bridgehead atoms. The third kappa shape index (κ3) is 5.86. The molecule has 2 aromatic rings. The van der Waals surface area contributed by atoms with Crippen molar-refractivity contribution >= 4 is 39.2 Å². The molecule has 32 heavy (non-hydrogen) atoms. The molecule has 1 aliphatic rings. The molecular formula is C22H26ClN3O5S. The highest BCUT2D eigenvalue weighted by Crippen LogP contribution is 2.22. The first-order valence-corrected chi connectivity index (χ1v) is 12.2. The van der Waals surface area contributed by atoms with Gasteiger partial charge in [0.2, 0.25) is 10.0 Å². The first-order chi connectivity index (χ1) is 15.2. The van der Waals surface area contributed by atoms with Crippen LogP contribution in [0.1, 0.15) is 33.2 Å². The average Bonchev–Trinajstić information content (AvgIpc) is 2.80. The van der Waals surface area contributed by atoms with Crippen molar-refractivity contribution < 1.29 is 22.7 Å². The third-order valence-electron chi connectivity index (χ3n) is 5.34. The van der Waals surface area contributed by atoms with Gasteiger partial charge in [-0.1, -0.05) is 23.7 Å². The zero-order chi connectivity index (χ0) is 23.3. The smallest absolute Gasteiger partial charge is 0.339 e. The topological polar surface area (TPSA) is 96.0 Å². The van der Waals surface area contributed by atoms with Crippen LogP contribution in [-0.2, 0) is 21.3 Å². The summed E-state index contributed by atoms with van der Waals surface area (Å²) in [5, 5.41) is 2.99. The number of amides is 1. The van der Waals surface area contributed by atoms with Gasteiger partial charge < -0.3 is 10.1 Å². The number of carbonyl (C=O) groups excluding carboxylic acids is 2. The Hall–Kier alpha value is -2.46. The molecule has 1 fully saturated rings. The van der Waals surface area contributed by atoms with Gasteiger partial charge in [-0.25, -0.2) is 13.2 Å². The van der Waals surface area contributed by atoms with Gasteiger partial charge in [-0.05, 0) is 42.8 Å². The number of hydrogen-bond donors (Lipinski definition) is 1. The van der Waals surface area contributed by atoms with Gasteiger partial charge in [0.25, 0.3) is 5.91 Å². The number of halogens is 1. The number of sulfonamides is 1. The molecule has 0 aliphatic carbocycles. The minimum absolute atomic E-state index is 0.122. The van der Waals surface area contributed by atoms with E-state index in [1.165, 1.54) is 19.2 Å². The SMILES string of the molecule is CCS(=O)(=O)N1CCN(Cc2ccc(C(=O)Nc3ccc(Cl)c(C(=O)OC)c3)cc2)CC1. The number of anilines is 1. The Balaban J connectivity index is 1.58. The van der Waals surface area contributed by atoms with E-state index >= 15 is 0 Å². The Bertz CT molecular complexity index is 1080. The van der Waals surface area contributed by atoms with Crippen LogP contribution in [-0.4, -0.2) is 68.5 Å². The molecule has 1 saturated heterocycles. The molecule has 3 rings (SSSR count). The maximum atomic E-state index is 12.6. The van der Waals surface area contributed by atoms with Crippen molar-refractivity contribution in [3.8, 4) is 0 Å². The molecule has 0 aromatic heterocycles. The number of hydrogen-bond acceptors (Lipinski definition) is 6.